The van der Waals surface area contributed by atoms with E-state index in [9.17, 15) is 4.79 Å². The van der Waals surface area contributed by atoms with E-state index in [1.165, 1.54) is 13.3 Å². The molecule has 2 rings (SSSR count). The number of carboxylic acid groups (broad SMARTS) is 1. The smallest absolute Gasteiger partial charge is 0.341 e. The van der Waals surface area contributed by atoms with Gasteiger partial charge in [-0.15, -0.1) is 5.10 Å². The summed E-state index contributed by atoms with van der Waals surface area (Å²) in [4.78, 5) is 11.0. The SMILES string of the molecule is COc1nncc(C2CC2)c1C(=O)O. The minimum Gasteiger partial charge on any atom is -0.479 e. The number of ether oxygens (including phenoxy) is 1. The molecular weight excluding hydrogens is 184 g/mol. The van der Waals surface area contributed by atoms with Crippen LogP contribution in [-0.2, 0) is 0 Å². The Morgan fingerprint density at radius 3 is 2.86 bits per heavy atom. The second kappa shape index (κ2) is 3.25. The molecule has 0 atom stereocenters. The van der Waals surface area contributed by atoms with E-state index in [2.05, 4.69) is 10.2 Å². The molecule has 0 radical (unpaired) electrons. The van der Waals surface area contributed by atoms with Crippen LogP contribution >= 0.6 is 0 Å². The standard InChI is InChI=1S/C9H10N2O3/c1-14-8-7(9(12)13)6(4-10-11-8)5-2-3-5/h4-5H,2-3H2,1H3,(H,12,13). The predicted octanol–water partition coefficient (Wildman–Crippen LogP) is 1.06. The average molecular weight is 194 g/mol. The highest BCUT2D eigenvalue weighted by molar-refractivity contribution is 5.92. The van der Waals surface area contributed by atoms with Gasteiger partial charge in [0.05, 0.1) is 13.3 Å². The van der Waals surface area contributed by atoms with E-state index in [0.29, 0.717) is 5.92 Å². The van der Waals surface area contributed by atoms with Crippen LogP contribution < -0.4 is 4.74 Å². The van der Waals surface area contributed by atoms with E-state index in [0.717, 1.165) is 18.4 Å². The van der Waals surface area contributed by atoms with Gasteiger partial charge in [-0.2, -0.15) is 5.10 Å². The molecule has 0 aromatic carbocycles. The molecule has 5 nitrogen and oxygen atoms in total. The Balaban J connectivity index is 2.52. The van der Waals surface area contributed by atoms with Crippen LogP contribution in [0, 0.1) is 0 Å². The maximum Gasteiger partial charge on any atom is 0.341 e. The van der Waals surface area contributed by atoms with Crippen LogP contribution in [0.2, 0.25) is 0 Å². The van der Waals surface area contributed by atoms with Crippen molar-refractivity contribution in [3.05, 3.63) is 17.3 Å². The molecule has 1 saturated carbocycles. The Morgan fingerprint density at radius 2 is 2.36 bits per heavy atom. The van der Waals surface area contributed by atoms with E-state index in [1.807, 2.05) is 0 Å². The summed E-state index contributed by atoms with van der Waals surface area (Å²) in [6, 6.07) is 0. The van der Waals surface area contributed by atoms with Crippen molar-refractivity contribution in [3.63, 3.8) is 0 Å². The molecule has 1 aliphatic carbocycles. The highest BCUT2D eigenvalue weighted by Gasteiger charge is 2.31. The Kier molecular flexibility index (Phi) is 2.07. The molecule has 1 N–H and O–H groups in total. The lowest BCUT2D eigenvalue weighted by Gasteiger charge is -2.06. The third-order valence-electron chi connectivity index (χ3n) is 2.27. The Hall–Kier alpha value is -1.65. The van der Waals surface area contributed by atoms with Gasteiger partial charge < -0.3 is 9.84 Å². The zero-order valence-corrected chi connectivity index (χ0v) is 7.73. The average Bonchev–Trinajstić information content (AvgIpc) is 2.99. The van der Waals surface area contributed by atoms with E-state index < -0.39 is 5.97 Å². The number of aromatic nitrogens is 2. The van der Waals surface area contributed by atoms with Crippen LogP contribution in [0.4, 0.5) is 0 Å². The summed E-state index contributed by atoms with van der Waals surface area (Å²) >= 11 is 0. The van der Waals surface area contributed by atoms with Gasteiger partial charge in [0.2, 0.25) is 5.88 Å². The highest BCUT2D eigenvalue weighted by Crippen LogP contribution is 2.42. The molecule has 14 heavy (non-hydrogen) atoms. The van der Waals surface area contributed by atoms with Crippen LogP contribution in [-0.4, -0.2) is 28.4 Å². The van der Waals surface area contributed by atoms with Gasteiger partial charge in [0.1, 0.15) is 5.56 Å². The first-order valence-electron chi connectivity index (χ1n) is 4.37. The molecule has 1 aromatic rings. The highest BCUT2D eigenvalue weighted by atomic mass is 16.5. The van der Waals surface area contributed by atoms with Crippen molar-refractivity contribution in [2.45, 2.75) is 18.8 Å². The molecule has 0 unspecified atom stereocenters. The normalized spacial score (nSPS) is 15.2. The van der Waals surface area contributed by atoms with Crippen molar-refractivity contribution in [2.24, 2.45) is 0 Å². The topological polar surface area (TPSA) is 72.3 Å². The lowest BCUT2D eigenvalue weighted by molar-refractivity contribution is 0.0690. The fourth-order valence-electron chi connectivity index (χ4n) is 1.44. The number of nitrogens with zero attached hydrogens (tertiary/aromatic N) is 2. The molecule has 1 aromatic heterocycles. The molecule has 5 heteroatoms. The number of methoxy groups -OCH3 is 1. The third-order valence-corrected chi connectivity index (χ3v) is 2.27. The maximum absolute atomic E-state index is 11.0. The second-order valence-corrected chi connectivity index (χ2v) is 3.26. The lowest BCUT2D eigenvalue weighted by Crippen LogP contribution is -2.07. The summed E-state index contributed by atoms with van der Waals surface area (Å²) in [5.74, 6) is -0.578. The minimum absolute atomic E-state index is 0.0990. The lowest BCUT2D eigenvalue weighted by atomic mass is 10.1. The van der Waals surface area contributed by atoms with Crippen molar-refractivity contribution >= 4 is 5.97 Å². The third kappa shape index (κ3) is 1.41. The van der Waals surface area contributed by atoms with Crippen molar-refractivity contribution in [1.29, 1.82) is 0 Å². The first-order valence-corrected chi connectivity index (χ1v) is 4.37. The van der Waals surface area contributed by atoms with Gasteiger partial charge in [-0.1, -0.05) is 0 Å². The monoisotopic (exact) mass is 194 g/mol. The summed E-state index contributed by atoms with van der Waals surface area (Å²) in [5.41, 5.74) is 0.898. The van der Waals surface area contributed by atoms with E-state index in [1.54, 1.807) is 0 Å². The van der Waals surface area contributed by atoms with E-state index in [4.69, 9.17) is 9.84 Å². The van der Waals surface area contributed by atoms with Crippen molar-refractivity contribution < 1.29 is 14.6 Å². The number of rotatable bonds is 3. The molecule has 74 valence electrons. The summed E-state index contributed by atoms with van der Waals surface area (Å²) < 4.78 is 4.87. The first-order chi connectivity index (χ1) is 6.74. The van der Waals surface area contributed by atoms with E-state index >= 15 is 0 Å². The second-order valence-electron chi connectivity index (χ2n) is 3.26. The molecule has 0 bridgehead atoms. The van der Waals surface area contributed by atoms with Gasteiger partial charge in [0.25, 0.3) is 0 Å². The molecule has 1 fully saturated rings. The van der Waals surface area contributed by atoms with Crippen molar-refractivity contribution in [3.8, 4) is 5.88 Å². The quantitative estimate of drug-likeness (QED) is 0.778. The summed E-state index contributed by atoms with van der Waals surface area (Å²) in [7, 11) is 1.40. The van der Waals surface area contributed by atoms with Crippen molar-refractivity contribution in [1.82, 2.24) is 10.2 Å². The fraction of sp³-hybridized carbons (Fsp3) is 0.444. The Morgan fingerprint density at radius 1 is 1.64 bits per heavy atom. The van der Waals surface area contributed by atoms with Crippen LogP contribution in [0.5, 0.6) is 5.88 Å². The van der Waals surface area contributed by atoms with Gasteiger partial charge in [-0.05, 0) is 24.3 Å². The Labute approximate surface area is 80.7 Å². The number of carboxylic acids is 1. The fourth-order valence-corrected chi connectivity index (χ4v) is 1.44. The van der Waals surface area contributed by atoms with Crippen molar-refractivity contribution in [2.75, 3.05) is 7.11 Å². The maximum atomic E-state index is 11.0. The van der Waals surface area contributed by atoms with Crippen LogP contribution in [0.15, 0.2) is 6.20 Å². The van der Waals surface area contributed by atoms with Crippen LogP contribution in [0.25, 0.3) is 0 Å². The molecule has 0 spiro atoms. The summed E-state index contributed by atoms with van der Waals surface area (Å²) in [6.45, 7) is 0. The largest absolute Gasteiger partial charge is 0.479 e. The number of carbonyl (C=O) groups is 1. The molecule has 1 heterocycles. The summed E-state index contributed by atoms with van der Waals surface area (Å²) in [5, 5.41) is 16.4. The predicted molar refractivity (Wildman–Crippen MR) is 47.5 cm³/mol. The molecule has 0 aliphatic heterocycles. The van der Waals surface area contributed by atoms with Gasteiger partial charge in [-0.25, -0.2) is 4.79 Å². The van der Waals surface area contributed by atoms with Crippen LogP contribution in [0.1, 0.15) is 34.7 Å². The van der Waals surface area contributed by atoms with Gasteiger partial charge in [0.15, 0.2) is 0 Å². The Bertz CT molecular complexity index is 374. The zero-order chi connectivity index (χ0) is 10.1. The summed E-state index contributed by atoms with van der Waals surface area (Å²) in [6.07, 6.45) is 3.56. The van der Waals surface area contributed by atoms with Gasteiger partial charge in [-0.3, -0.25) is 0 Å². The zero-order valence-electron chi connectivity index (χ0n) is 7.73. The minimum atomic E-state index is -1.00. The number of hydrogen-bond acceptors (Lipinski definition) is 4. The molecule has 0 saturated heterocycles. The molecular formula is C9H10N2O3. The number of hydrogen-bond donors (Lipinski definition) is 1. The number of aromatic carboxylic acids is 1. The van der Waals surface area contributed by atoms with Gasteiger partial charge >= 0.3 is 5.97 Å². The molecule has 1 aliphatic rings. The molecule has 0 amide bonds. The first kappa shape index (κ1) is 8.93. The van der Waals surface area contributed by atoms with Crippen LogP contribution in [0.3, 0.4) is 0 Å². The van der Waals surface area contributed by atoms with Gasteiger partial charge in [0, 0.05) is 0 Å². The van der Waals surface area contributed by atoms with E-state index in [-0.39, 0.29) is 11.4 Å².